The van der Waals surface area contributed by atoms with Gasteiger partial charge in [-0.2, -0.15) is 0 Å². The Bertz CT molecular complexity index is 733. The molecular weight excluding hydrogens is 312 g/mol. The molecule has 1 amide bonds. The summed E-state index contributed by atoms with van der Waals surface area (Å²) < 4.78 is 0. The highest BCUT2D eigenvalue weighted by Gasteiger charge is 2.27. The first-order valence-electron chi connectivity index (χ1n) is 9.17. The van der Waals surface area contributed by atoms with Crippen molar-refractivity contribution in [2.75, 3.05) is 26.2 Å². The zero-order valence-electron chi connectivity index (χ0n) is 14.5. The fraction of sp³-hybridized carbons (Fsp3) is 0.450. The van der Waals surface area contributed by atoms with Gasteiger partial charge in [0.05, 0.1) is 6.20 Å². The van der Waals surface area contributed by atoms with Crippen molar-refractivity contribution in [2.24, 2.45) is 0 Å². The maximum Gasteiger partial charge on any atom is 0.274 e. The van der Waals surface area contributed by atoms with Gasteiger partial charge in [-0.25, -0.2) is 4.98 Å². The Balaban J connectivity index is 1.40. The van der Waals surface area contributed by atoms with Gasteiger partial charge < -0.3 is 4.90 Å². The Morgan fingerprint density at radius 1 is 1.04 bits per heavy atom. The summed E-state index contributed by atoms with van der Waals surface area (Å²) in [5.41, 5.74) is 3.45. The number of aryl methyl sites for hydroxylation is 1. The van der Waals surface area contributed by atoms with Crippen LogP contribution >= 0.6 is 0 Å². The van der Waals surface area contributed by atoms with E-state index in [1.807, 2.05) is 4.90 Å². The average molecular weight is 336 g/mol. The first-order chi connectivity index (χ1) is 12.3. The van der Waals surface area contributed by atoms with Gasteiger partial charge in [0.2, 0.25) is 0 Å². The summed E-state index contributed by atoms with van der Waals surface area (Å²) in [7, 11) is 0. The lowest BCUT2D eigenvalue weighted by Gasteiger charge is -2.34. The monoisotopic (exact) mass is 336 g/mol. The minimum atomic E-state index is 0.00365. The lowest BCUT2D eigenvalue weighted by Crippen LogP contribution is -2.42. The fourth-order valence-corrected chi connectivity index (χ4v) is 4.07. The number of carbonyl (C=O) groups excluding carboxylic acids is 1. The van der Waals surface area contributed by atoms with Gasteiger partial charge in [0, 0.05) is 44.6 Å². The van der Waals surface area contributed by atoms with Crippen LogP contribution in [0.4, 0.5) is 0 Å². The standard InChI is InChI=1S/C20H24N4O/c25-20(19-15-21-8-9-22-19)24-11-3-10-23(12-13-24)18-7-6-16-4-1-2-5-17(16)14-18/h1-2,4-5,8-9,15,18H,3,6-7,10-14H2. The van der Waals surface area contributed by atoms with Gasteiger partial charge in [-0.15, -0.1) is 0 Å². The van der Waals surface area contributed by atoms with Crippen LogP contribution in [0.5, 0.6) is 0 Å². The topological polar surface area (TPSA) is 49.3 Å². The number of aromatic nitrogens is 2. The molecule has 25 heavy (non-hydrogen) atoms. The predicted molar refractivity (Wildman–Crippen MR) is 96.4 cm³/mol. The lowest BCUT2D eigenvalue weighted by molar-refractivity contribution is 0.0750. The Hall–Kier alpha value is -2.27. The van der Waals surface area contributed by atoms with E-state index in [1.54, 1.807) is 18.6 Å². The number of carbonyl (C=O) groups is 1. The van der Waals surface area contributed by atoms with Crippen molar-refractivity contribution < 1.29 is 4.79 Å². The molecular formula is C20H24N4O. The number of fused-ring (bicyclic) bond motifs is 1. The molecule has 1 aliphatic heterocycles. The van der Waals surface area contributed by atoms with Gasteiger partial charge >= 0.3 is 0 Å². The van der Waals surface area contributed by atoms with Crippen LogP contribution in [-0.4, -0.2) is 57.9 Å². The molecule has 0 saturated carbocycles. The smallest absolute Gasteiger partial charge is 0.274 e. The van der Waals surface area contributed by atoms with Crippen molar-refractivity contribution in [2.45, 2.75) is 31.7 Å². The van der Waals surface area contributed by atoms with E-state index in [9.17, 15) is 4.79 Å². The molecule has 130 valence electrons. The highest BCUT2D eigenvalue weighted by atomic mass is 16.2. The molecule has 5 nitrogen and oxygen atoms in total. The fourth-order valence-electron chi connectivity index (χ4n) is 4.07. The molecule has 1 unspecified atom stereocenters. The van der Waals surface area contributed by atoms with Crippen LogP contribution in [0.25, 0.3) is 0 Å². The van der Waals surface area contributed by atoms with Crippen molar-refractivity contribution >= 4 is 5.91 Å². The van der Waals surface area contributed by atoms with Crippen molar-refractivity contribution in [1.29, 1.82) is 0 Å². The van der Waals surface area contributed by atoms with E-state index in [4.69, 9.17) is 0 Å². The first kappa shape index (κ1) is 16.2. The van der Waals surface area contributed by atoms with Crippen LogP contribution in [0.3, 0.4) is 0 Å². The van der Waals surface area contributed by atoms with Gasteiger partial charge in [-0.05, 0) is 36.8 Å². The van der Waals surface area contributed by atoms with Gasteiger partial charge in [0.15, 0.2) is 0 Å². The van der Waals surface area contributed by atoms with Crippen LogP contribution in [0.2, 0.25) is 0 Å². The second-order valence-corrected chi connectivity index (χ2v) is 6.94. The Morgan fingerprint density at radius 3 is 2.76 bits per heavy atom. The molecule has 1 atom stereocenters. The molecule has 5 heteroatoms. The van der Waals surface area contributed by atoms with Crippen LogP contribution in [0.15, 0.2) is 42.9 Å². The normalized spacial score (nSPS) is 21.4. The van der Waals surface area contributed by atoms with Crippen LogP contribution < -0.4 is 0 Å². The number of amides is 1. The van der Waals surface area contributed by atoms with E-state index >= 15 is 0 Å². The van der Waals surface area contributed by atoms with E-state index in [1.165, 1.54) is 24.0 Å². The van der Waals surface area contributed by atoms with E-state index in [-0.39, 0.29) is 5.91 Å². The van der Waals surface area contributed by atoms with E-state index in [0.29, 0.717) is 11.7 Å². The van der Waals surface area contributed by atoms with Gasteiger partial charge in [0.25, 0.3) is 5.91 Å². The summed E-state index contributed by atoms with van der Waals surface area (Å²) in [4.78, 5) is 25.3. The highest BCUT2D eigenvalue weighted by Crippen LogP contribution is 2.25. The Kier molecular flexibility index (Phi) is 4.74. The summed E-state index contributed by atoms with van der Waals surface area (Å²) >= 11 is 0. The molecule has 1 aromatic heterocycles. The van der Waals surface area contributed by atoms with Crippen LogP contribution in [0, 0.1) is 0 Å². The lowest BCUT2D eigenvalue weighted by atomic mass is 9.87. The van der Waals surface area contributed by atoms with Crippen LogP contribution in [-0.2, 0) is 12.8 Å². The minimum absolute atomic E-state index is 0.00365. The number of hydrogen-bond donors (Lipinski definition) is 0. The molecule has 1 aromatic carbocycles. The Morgan fingerprint density at radius 2 is 1.92 bits per heavy atom. The molecule has 0 spiro atoms. The SMILES string of the molecule is O=C(c1cnccn1)N1CCCN(C2CCc3ccccc3C2)CC1. The third-order valence-electron chi connectivity index (χ3n) is 5.44. The van der Waals surface area contributed by atoms with Crippen molar-refractivity contribution in [1.82, 2.24) is 19.8 Å². The molecule has 0 N–H and O–H groups in total. The molecule has 0 radical (unpaired) electrons. The van der Waals surface area contributed by atoms with Gasteiger partial charge in [-0.3, -0.25) is 14.7 Å². The molecule has 1 fully saturated rings. The van der Waals surface area contributed by atoms with E-state index < -0.39 is 0 Å². The molecule has 2 aliphatic rings. The van der Waals surface area contributed by atoms with Gasteiger partial charge in [0.1, 0.15) is 5.69 Å². The van der Waals surface area contributed by atoms with E-state index in [2.05, 4.69) is 39.1 Å². The molecule has 2 aromatic rings. The third kappa shape index (κ3) is 3.56. The molecule has 2 heterocycles. The molecule has 0 bridgehead atoms. The summed E-state index contributed by atoms with van der Waals surface area (Å²) in [5, 5.41) is 0. The van der Waals surface area contributed by atoms with Crippen molar-refractivity contribution in [3.8, 4) is 0 Å². The predicted octanol–water partition coefficient (Wildman–Crippen LogP) is 2.18. The number of benzene rings is 1. The first-order valence-corrected chi connectivity index (χ1v) is 9.17. The largest absolute Gasteiger partial charge is 0.336 e. The minimum Gasteiger partial charge on any atom is -0.336 e. The molecule has 1 aliphatic carbocycles. The maximum absolute atomic E-state index is 12.6. The maximum atomic E-state index is 12.6. The van der Waals surface area contributed by atoms with Crippen molar-refractivity contribution in [3.63, 3.8) is 0 Å². The van der Waals surface area contributed by atoms with Gasteiger partial charge in [-0.1, -0.05) is 24.3 Å². The quantitative estimate of drug-likeness (QED) is 0.843. The van der Waals surface area contributed by atoms with Crippen LogP contribution in [0.1, 0.15) is 34.5 Å². The number of rotatable bonds is 2. The second kappa shape index (κ2) is 7.31. The molecule has 4 rings (SSSR count). The zero-order chi connectivity index (χ0) is 17.1. The summed E-state index contributed by atoms with van der Waals surface area (Å²) in [5.74, 6) is 0.00365. The second-order valence-electron chi connectivity index (χ2n) is 6.94. The zero-order valence-corrected chi connectivity index (χ0v) is 14.5. The summed E-state index contributed by atoms with van der Waals surface area (Å²) in [6, 6.07) is 9.41. The number of nitrogens with zero attached hydrogens (tertiary/aromatic N) is 4. The summed E-state index contributed by atoms with van der Waals surface area (Å²) in [6.45, 7) is 3.58. The van der Waals surface area contributed by atoms with E-state index in [0.717, 1.165) is 39.0 Å². The summed E-state index contributed by atoms with van der Waals surface area (Å²) in [6.07, 6.45) is 9.27. The third-order valence-corrected chi connectivity index (χ3v) is 5.44. The average Bonchev–Trinajstić information content (AvgIpc) is 2.94. The molecule has 1 saturated heterocycles. The van der Waals surface area contributed by atoms with Crippen molar-refractivity contribution in [3.05, 3.63) is 59.7 Å². The highest BCUT2D eigenvalue weighted by molar-refractivity contribution is 5.91. The Labute approximate surface area is 148 Å². The number of hydrogen-bond acceptors (Lipinski definition) is 4.